The molecule has 0 aliphatic carbocycles. The van der Waals surface area contributed by atoms with Gasteiger partial charge in [-0.05, 0) is 68.5 Å². The van der Waals surface area contributed by atoms with Crippen molar-refractivity contribution in [1.29, 1.82) is 0 Å². The molecule has 2 fully saturated rings. The van der Waals surface area contributed by atoms with Crippen molar-refractivity contribution < 1.29 is 4.79 Å². The number of rotatable bonds is 5. The van der Waals surface area contributed by atoms with Crippen LogP contribution >= 0.6 is 23.2 Å². The first kappa shape index (κ1) is 25.2. The average molecular weight is 505 g/mol. The van der Waals surface area contributed by atoms with Crippen LogP contribution in [-0.2, 0) is 0 Å². The van der Waals surface area contributed by atoms with Crippen LogP contribution in [0.2, 0.25) is 10.0 Å². The highest BCUT2D eigenvalue weighted by atomic mass is 35.5. The summed E-state index contributed by atoms with van der Waals surface area (Å²) in [5.41, 5.74) is 4.53. The van der Waals surface area contributed by atoms with Crippen LogP contribution in [0.3, 0.4) is 0 Å². The van der Waals surface area contributed by atoms with Crippen LogP contribution in [0, 0.1) is 5.92 Å². The lowest BCUT2D eigenvalue weighted by Crippen LogP contribution is -2.52. The van der Waals surface area contributed by atoms with Gasteiger partial charge in [0.15, 0.2) is 0 Å². The predicted octanol–water partition coefficient (Wildman–Crippen LogP) is 5.20. The van der Waals surface area contributed by atoms with Gasteiger partial charge in [0, 0.05) is 57.2 Å². The van der Waals surface area contributed by atoms with Gasteiger partial charge in [0.05, 0.1) is 16.6 Å². The summed E-state index contributed by atoms with van der Waals surface area (Å²) in [6, 6.07) is 5.07. The summed E-state index contributed by atoms with van der Waals surface area (Å²) in [6.07, 6.45) is 7.02. The summed E-state index contributed by atoms with van der Waals surface area (Å²) < 4.78 is 0. The summed E-state index contributed by atoms with van der Waals surface area (Å²) in [4.78, 5) is 24.3. The molecule has 0 spiro atoms. The van der Waals surface area contributed by atoms with Gasteiger partial charge in [-0.3, -0.25) is 14.8 Å². The van der Waals surface area contributed by atoms with E-state index in [1.54, 1.807) is 18.2 Å². The van der Waals surface area contributed by atoms with Gasteiger partial charge in [-0.15, -0.1) is 0 Å². The van der Waals surface area contributed by atoms with E-state index in [1.165, 1.54) is 29.7 Å². The van der Waals surface area contributed by atoms with Crippen molar-refractivity contribution in [3.63, 3.8) is 0 Å². The Morgan fingerprint density at radius 1 is 1.15 bits per heavy atom. The summed E-state index contributed by atoms with van der Waals surface area (Å²) in [5.74, 6) is 0.674. The molecule has 1 aromatic carbocycles. The summed E-state index contributed by atoms with van der Waals surface area (Å²) >= 11 is 12.0. The van der Waals surface area contributed by atoms with Gasteiger partial charge in [0.25, 0.3) is 0 Å². The molecule has 1 N–H and O–H groups in total. The second kappa shape index (κ2) is 11.7. The third-order valence-electron chi connectivity index (χ3n) is 7.04. The maximum atomic E-state index is 12.7. The zero-order valence-electron chi connectivity index (χ0n) is 20.2. The Kier molecular flexibility index (Phi) is 8.70. The quantitative estimate of drug-likeness (QED) is 0.600. The molecule has 34 heavy (non-hydrogen) atoms. The fourth-order valence-electron chi connectivity index (χ4n) is 4.98. The third-order valence-corrected chi connectivity index (χ3v) is 7.78. The number of carbonyl (C=O) groups excluding carboxylic acids is 1. The molecular formula is C26H35Cl2N5O. The number of urea groups is 1. The molecule has 8 heteroatoms. The largest absolute Gasteiger partial charge is 0.322 e. The minimum absolute atomic E-state index is 0.0832. The molecule has 2 saturated heterocycles. The van der Waals surface area contributed by atoms with Crippen LogP contribution in [-0.4, -0.2) is 85.3 Å². The van der Waals surface area contributed by atoms with Crippen molar-refractivity contribution in [2.24, 2.45) is 10.9 Å². The number of halogens is 2. The van der Waals surface area contributed by atoms with E-state index < -0.39 is 0 Å². The Balaban J connectivity index is 1.23. The Hall–Kier alpha value is -1.86. The highest BCUT2D eigenvalue weighted by Crippen LogP contribution is 2.25. The van der Waals surface area contributed by atoms with Crippen LogP contribution in [0.15, 0.2) is 46.5 Å². The molecule has 0 aromatic heterocycles. The standard InChI is InChI=1S/C26H35Cl2N5O/c1-3-20-13-22(19(2)29-15-20)18-32-8-4-5-21(17-32)16-31-9-11-33(12-10-31)26(34)30-23-6-7-24(27)25(28)14-23/h3,6-7,13-14,21H,4-5,8-12,15-18H2,1-2H3,(H,30,34)/b20-3+/t21-/m0/s1. The zero-order valence-corrected chi connectivity index (χ0v) is 21.7. The van der Waals surface area contributed by atoms with Crippen molar-refractivity contribution in [2.75, 3.05) is 64.2 Å². The van der Waals surface area contributed by atoms with Crippen molar-refractivity contribution in [3.05, 3.63) is 51.5 Å². The fraction of sp³-hybridized carbons (Fsp3) is 0.538. The minimum Gasteiger partial charge on any atom is -0.322 e. The van der Waals surface area contributed by atoms with Crippen molar-refractivity contribution >= 4 is 40.6 Å². The summed E-state index contributed by atoms with van der Waals surface area (Å²) in [7, 11) is 0. The highest BCUT2D eigenvalue weighted by Gasteiger charge is 2.27. The van der Waals surface area contributed by atoms with E-state index in [0.717, 1.165) is 58.9 Å². The van der Waals surface area contributed by atoms with Gasteiger partial charge in [0.2, 0.25) is 0 Å². The first-order valence-electron chi connectivity index (χ1n) is 12.2. The Morgan fingerprint density at radius 2 is 1.94 bits per heavy atom. The average Bonchev–Trinajstić information content (AvgIpc) is 2.83. The highest BCUT2D eigenvalue weighted by molar-refractivity contribution is 6.42. The number of allylic oxidation sites excluding steroid dienone is 1. The van der Waals surface area contributed by atoms with Gasteiger partial charge in [-0.2, -0.15) is 0 Å². The molecule has 3 aliphatic rings. The van der Waals surface area contributed by atoms with E-state index in [1.807, 2.05) is 4.90 Å². The minimum atomic E-state index is -0.0832. The van der Waals surface area contributed by atoms with Gasteiger partial charge in [-0.1, -0.05) is 35.4 Å². The SMILES string of the molecule is C/C=C1\C=C(CN2CCC[C@@H](CN3CCN(C(=O)Nc4ccc(Cl)c(Cl)c4)CC3)C2)C(C)=NC1. The number of hydrogen-bond acceptors (Lipinski definition) is 4. The maximum Gasteiger partial charge on any atom is 0.321 e. The molecule has 184 valence electrons. The third kappa shape index (κ3) is 6.63. The summed E-state index contributed by atoms with van der Waals surface area (Å²) in [5, 5.41) is 3.85. The van der Waals surface area contributed by atoms with Crippen molar-refractivity contribution in [1.82, 2.24) is 14.7 Å². The molecule has 4 rings (SSSR count). The number of piperidine rings is 1. The summed E-state index contributed by atoms with van der Waals surface area (Å²) in [6.45, 7) is 12.7. The van der Waals surface area contributed by atoms with Crippen molar-refractivity contribution in [3.8, 4) is 0 Å². The number of dihydropyridines is 1. The molecule has 0 saturated carbocycles. The number of likely N-dealkylation sites (tertiary alicyclic amines) is 1. The van der Waals surface area contributed by atoms with Gasteiger partial charge in [-0.25, -0.2) is 4.79 Å². The van der Waals surface area contributed by atoms with E-state index in [0.29, 0.717) is 21.7 Å². The van der Waals surface area contributed by atoms with Crippen LogP contribution < -0.4 is 5.32 Å². The van der Waals surface area contributed by atoms with E-state index >= 15 is 0 Å². The van der Waals surface area contributed by atoms with E-state index in [-0.39, 0.29) is 6.03 Å². The molecule has 0 unspecified atom stereocenters. The zero-order chi connectivity index (χ0) is 24.1. The molecule has 3 aliphatic heterocycles. The number of anilines is 1. The van der Waals surface area contributed by atoms with E-state index in [9.17, 15) is 4.79 Å². The number of nitrogens with one attached hydrogen (secondary N) is 1. The van der Waals surface area contributed by atoms with E-state index in [4.69, 9.17) is 28.2 Å². The van der Waals surface area contributed by atoms with Gasteiger partial charge in [0.1, 0.15) is 0 Å². The number of amides is 2. The number of nitrogens with zero attached hydrogens (tertiary/aromatic N) is 4. The molecule has 6 nitrogen and oxygen atoms in total. The van der Waals surface area contributed by atoms with Gasteiger partial charge < -0.3 is 10.2 Å². The predicted molar refractivity (Wildman–Crippen MR) is 142 cm³/mol. The first-order valence-corrected chi connectivity index (χ1v) is 13.0. The molecule has 3 heterocycles. The normalized spacial score (nSPS) is 23.6. The van der Waals surface area contributed by atoms with Gasteiger partial charge >= 0.3 is 6.03 Å². The Labute approximate surface area is 213 Å². The molecule has 0 radical (unpaired) electrons. The molecule has 0 bridgehead atoms. The first-order chi connectivity index (χ1) is 16.4. The topological polar surface area (TPSA) is 51.2 Å². The molecular weight excluding hydrogens is 469 g/mol. The molecule has 1 atom stereocenters. The number of benzene rings is 1. The van der Waals surface area contributed by atoms with Crippen LogP contribution in [0.5, 0.6) is 0 Å². The monoisotopic (exact) mass is 503 g/mol. The lowest BCUT2D eigenvalue weighted by Gasteiger charge is -2.39. The second-order valence-electron chi connectivity index (χ2n) is 9.52. The number of hydrogen-bond donors (Lipinski definition) is 1. The van der Waals surface area contributed by atoms with Crippen LogP contribution in [0.1, 0.15) is 26.7 Å². The lowest BCUT2D eigenvalue weighted by molar-refractivity contribution is 0.105. The number of piperazine rings is 1. The van der Waals surface area contributed by atoms with Crippen molar-refractivity contribution in [2.45, 2.75) is 26.7 Å². The second-order valence-corrected chi connectivity index (χ2v) is 10.3. The maximum absolute atomic E-state index is 12.7. The number of aliphatic imine (C=N–C) groups is 1. The Morgan fingerprint density at radius 3 is 2.68 bits per heavy atom. The smallest absolute Gasteiger partial charge is 0.321 e. The fourth-order valence-corrected chi connectivity index (χ4v) is 5.28. The lowest BCUT2D eigenvalue weighted by atomic mass is 9.95. The van der Waals surface area contributed by atoms with Crippen LogP contribution in [0.25, 0.3) is 0 Å². The number of carbonyl (C=O) groups is 1. The van der Waals surface area contributed by atoms with Crippen LogP contribution in [0.4, 0.5) is 10.5 Å². The van der Waals surface area contributed by atoms with E-state index in [2.05, 4.69) is 41.1 Å². The molecule has 1 aromatic rings. The molecule has 2 amide bonds. The Bertz CT molecular complexity index is 981.